The highest BCUT2D eigenvalue weighted by atomic mass is 16.4. The van der Waals surface area contributed by atoms with Crippen LogP contribution in [0.1, 0.15) is 31.2 Å². The number of aryl methyl sites for hydroxylation is 1. The fraction of sp³-hybridized carbons (Fsp3) is 0.438. The van der Waals surface area contributed by atoms with Gasteiger partial charge in [-0.1, -0.05) is 31.2 Å². The van der Waals surface area contributed by atoms with Gasteiger partial charge in [0, 0.05) is 24.6 Å². The van der Waals surface area contributed by atoms with Crippen molar-refractivity contribution in [3.8, 4) is 11.3 Å². The van der Waals surface area contributed by atoms with Crippen LogP contribution in [0.15, 0.2) is 34.9 Å². The number of nitrogens with zero attached hydrogens (tertiary/aromatic N) is 1. The number of aromatic nitrogens is 1. The Morgan fingerprint density at radius 3 is 2.95 bits per heavy atom. The highest BCUT2D eigenvalue weighted by Crippen LogP contribution is 2.25. The second-order valence-corrected chi connectivity index (χ2v) is 5.11. The molecule has 1 aromatic carbocycles. The molecule has 3 heteroatoms. The summed E-state index contributed by atoms with van der Waals surface area (Å²) in [6, 6.07) is 9.11. The molecule has 1 saturated carbocycles. The molecule has 1 aromatic heterocycles. The first-order valence-electron chi connectivity index (χ1n) is 7.13. The monoisotopic (exact) mass is 256 g/mol. The lowest BCUT2D eigenvalue weighted by molar-refractivity contribution is 0.494. The van der Waals surface area contributed by atoms with E-state index in [0.717, 1.165) is 37.1 Å². The molecule has 0 atom stereocenters. The second kappa shape index (κ2) is 5.57. The lowest BCUT2D eigenvalue weighted by Gasteiger charge is -2.03. The van der Waals surface area contributed by atoms with E-state index in [4.69, 9.17) is 4.42 Å². The minimum Gasteiger partial charge on any atom is -0.441 e. The maximum atomic E-state index is 5.86. The predicted molar refractivity (Wildman–Crippen MR) is 76.0 cm³/mol. The van der Waals surface area contributed by atoms with Gasteiger partial charge in [0.05, 0.1) is 6.20 Å². The SMILES string of the molecule is CCc1ccccc1-c1cnc(CCNC2CC2)o1. The number of rotatable bonds is 6. The Kier molecular flexibility index (Phi) is 3.65. The summed E-state index contributed by atoms with van der Waals surface area (Å²) >= 11 is 0. The van der Waals surface area contributed by atoms with E-state index in [-0.39, 0.29) is 0 Å². The molecule has 1 N–H and O–H groups in total. The average Bonchev–Trinajstić information content (AvgIpc) is 3.15. The van der Waals surface area contributed by atoms with Gasteiger partial charge in [-0.15, -0.1) is 0 Å². The summed E-state index contributed by atoms with van der Waals surface area (Å²) in [6.07, 6.45) is 6.36. The third-order valence-corrected chi connectivity index (χ3v) is 3.57. The molecule has 1 aliphatic rings. The molecule has 3 rings (SSSR count). The van der Waals surface area contributed by atoms with E-state index in [1.807, 2.05) is 12.3 Å². The van der Waals surface area contributed by atoms with Crippen molar-refractivity contribution in [2.45, 2.75) is 38.6 Å². The van der Waals surface area contributed by atoms with Crippen LogP contribution in [0.5, 0.6) is 0 Å². The van der Waals surface area contributed by atoms with Crippen LogP contribution in [0.3, 0.4) is 0 Å². The summed E-state index contributed by atoms with van der Waals surface area (Å²) in [4.78, 5) is 4.38. The Morgan fingerprint density at radius 2 is 2.16 bits per heavy atom. The summed E-state index contributed by atoms with van der Waals surface area (Å²) in [6.45, 7) is 3.12. The molecule has 0 amide bonds. The molecular formula is C16H20N2O. The molecular weight excluding hydrogens is 236 g/mol. The van der Waals surface area contributed by atoms with E-state index < -0.39 is 0 Å². The lowest BCUT2D eigenvalue weighted by atomic mass is 10.0. The Balaban J connectivity index is 1.68. The van der Waals surface area contributed by atoms with E-state index in [2.05, 4.69) is 35.4 Å². The highest BCUT2D eigenvalue weighted by Gasteiger charge is 2.20. The van der Waals surface area contributed by atoms with Gasteiger partial charge >= 0.3 is 0 Å². The van der Waals surface area contributed by atoms with Gasteiger partial charge in [-0.2, -0.15) is 0 Å². The molecule has 1 heterocycles. The van der Waals surface area contributed by atoms with E-state index in [1.54, 1.807) is 0 Å². The fourth-order valence-electron chi connectivity index (χ4n) is 2.29. The van der Waals surface area contributed by atoms with Crippen molar-refractivity contribution in [3.63, 3.8) is 0 Å². The average molecular weight is 256 g/mol. The number of hydrogen-bond acceptors (Lipinski definition) is 3. The first-order chi connectivity index (χ1) is 9.36. The smallest absolute Gasteiger partial charge is 0.196 e. The van der Waals surface area contributed by atoms with Crippen LogP contribution in [0.25, 0.3) is 11.3 Å². The number of oxazole rings is 1. The normalized spacial score (nSPS) is 14.8. The first-order valence-corrected chi connectivity index (χ1v) is 7.13. The van der Waals surface area contributed by atoms with Gasteiger partial charge in [0.2, 0.25) is 0 Å². The fourth-order valence-corrected chi connectivity index (χ4v) is 2.29. The van der Waals surface area contributed by atoms with Crippen LogP contribution < -0.4 is 5.32 Å². The van der Waals surface area contributed by atoms with E-state index in [0.29, 0.717) is 0 Å². The van der Waals surface area contributed by atoms with Gasteiger partial charge < -0.3 is 9.73 Å². The van der Waals surface area contributed by atoms with E-state index >= 15 is 0 Å². The summed E-state index contributed by atoms with van der Waals surface area (Å²) < 4.78 is 5.86. The quantitative estimate of drug-likeness (QED) is 0.862. The van der Waals surface area contributed by atoms with Crippen molar-refractivity contribution in [3.05, 3.63) is 41.9 Å². The molecule has 19 heavy (non-hydrogen) atoms. The zero-order valence-corrected chi connectivity index (χ0v) is 11.4. The van der Waals surface area contributed by atoms with Gasteiger partial charge in [-0.25, -0.2) is 4.98 Å². The first kappa shape index (κ1) is 12.4. The Morgan fingerprint density at radius 1 is 1.32 bits per heavy atom. The summed E-state index contributed by atoms with van der Waals surface area (Å²) in [5.41, 5.74) is 2.47. The Bertz CT molecular complexity index is 543. The van der Waals surface area contributed by atoms with Crippen molar-refractivity contribution in [2.24, 2.45) is 0 Å². The van der Waals surface area contributed by atoms with Crippen molar-refractivity contribution >= 4 is 0 Å². The third kappa shape index (κ3) is 3.04. The van der Waals surface area contributed by atoms with Crippen LogP contribution in [-0.2, 0) is 12.8 Å². The zero-order valence-electron chi connectivity index (χ0n) is 11.4. The Labute approximate surface area is 114 Å². The lowest BCUT2D eigenvalue weighted by Crippen LogP contribution is -2.19. The van der Waals surface area contributed by atoms with Gasteiger partial charge in [0.25, 0.3) is 0 Å². The van der Waals surface area contributed by atoms with Crippen LogP contribution in [0, 0.1) is 0 Å². The molecule has 100 valence electrons. The maximum Gasteiger partial charge on any atom is 0.196 e. The van der Waals surface area contributed by atoms with Crippen molar-refractivity contribution < 1.29 is 4.42 Å². The van der Waals surface area contributed by atoms with Gasteiger partial charge in [-0.3, -0.25) is 0 Å². The molecule has 0 saturated heterocycles. The minimum atomic E-state index is 0.746. The van der Waals surface area contributed by atoms with Crippen LogP contribution in [0.2, 0.25) is 0 Å². The van der Waals surface area contributed by atoms with Crippen molar-refractivity contribution in [1.29, 1.82) is 0 Å². The molecule has 0 aliphatic heterocycles. The third-order valence-electron chi connectivity index (χ3n) is 3.57. The number of benzene rings is 1. The highest BCUT2D eigenvalue weighted by molar-refractivity contribution is 5.61. The number of nitrogens with one attached hydrogen (secondary N) is 1. The van der Waals surface area contributed by atoms with Crippen molar-refractivity contribution in [1.82, 2.24) is 10.3 Å². The summed E-state index contributed by atoms with van der Waals surface area (Å²) in [5, 5.41) is 3.48. The molecule has 0 bridgehead atoms. The molecule has 1 fully saturated rings. The Hall–Kier alpha value is -1.61. The number of hydrogen-bond donors (Lipinski definition) is 1. The zero-order chi connectivity index (χ0) is 13.1. The van der Waals surface area contributed by atoms with E-state index in [9.17, 15) is 0 Å². The van der Waals surface area contributed by atoms with Gasteiger partial charge in [0.15, 0.2) is 11.7 Å². The standard InChI is InChI=1S/C16H20N2O/c1-2-12-5-3-4-6-14(12)15-11-18-16(19-15)9-10-17-13-7-8-13/h3-6,11,13,17H,2,7-10H2,1H3. The predicted octanol–water partition coefficient (Wildman–Crippen LogP) is 3.20. The van der Waals surface area contributed by atoms with Crippen LogP contribution in [-0.4, -0.2) is 17.6 Å². The van der Waals surface area contributed by atoms with Gasteiger partial charge in [0.1, 0.15) is 0 Å². The molecule has 2 aromatic rings. The van der Waals surface area contributed by atoms with Gasteiger partial charge in [-0.05, 0) is 24.8 Å². The van der Waals surface area contributed by atoms with Crippen molar-refractivity contribution in [2.75, 3.05) is 6.54 Å². The molecule has 0 spiro atoms. The summed E-state index contributed by atoms with van der Waals surface area (Å²) in [5.74, 6) is 1.72. The van der Waals surface area contributed by atoms with Crippen LogP contribution >= 0.6 is 0 Å². The summed E-state index contributed by atoms with van der Waals surface area (Å²) in [7, 11) is 0. The van der Waals surface area contributed by atoms with Crippen LogP contribution in [0.4, 0.5) is 0 Å². The maximum absolute atomic E-state index is 5.86. The molecule has 0 unspecified atom stereocenters. The topological polar surface area (TPSA) is 38.1 Å². The second-order valence-electron chi connectivity index (χ2n) is 5.11. The molecule has 0 radical (unpaired) electrons. The molecule has 3 nitrogen and oxygen atoms in total. The minimum absolute atomic E-state index is 0.746. The molecule has 1 aliphatic carbocycles. The largest absolute Gasteiger partial charge is 0.441 e. The van der Waals surface area contributed by atoms with E-state index in [1.165, 1.54) is 24.0 Å².